The first-order chi connectivity index (χ1) is 8.27. The summed E-state index contributed by atoms with van der Waals surface area (Å²) in [7, 11) is 0. The molecule has 0 radical (unpaired) electrons. The van der Waals surface area contributed by atoms with E-state index in [2.05, 4.69) is 22.5 Å². The molecule has 0 atom stereocenters. The number of aryl methyl sites for hydroxylation is 1. The Morgan fingerprint density at radius 3 is 3.00 bits per heavy atom. The van der Waals surface area contributed by atoms with Crippen molar-refractivity contribution in [1.82, 2.24) is 20.2 Å². The summed E-state index contributed by atoms with van der Waals surface area (Å²) in [6.45, 7) is 7.19. The van der Waals surface area contributed by atoms with E-state index in [9.17, 15) is 4.79 Å². The van der Waals surface area contributed by atoms with Gasteiger partial charge in [-0.05, 0) is 19.9 Å². The Bertz CT molecular complexity index is 335. The molecule has 0 fully saturated rings. The molecule has 5 nitrogen and oxygen atoms in total. The van der Waals surface area contributed by atoms with Gasteiger partial charge in [0.05, 0.1) is 6.54 Å². The highest BCUT2D eigenvalue weighted by atomic mass is 16.1. The fourth-order valence-electron chi connectivity index (χ4n) is 1.60. The highest BCUT2D eigenvalue weighted by Crippen LogP contribution is 1.99. The number of rotatable bonds is 8. The summed E-state index contributed by atoms with van der Waals surface area (Å²) in [6, 6.07) is 0. The van der Waals surface area contributed by atoms with Crippen LogP contribution >= 0.6 is 0 Å². The normalized spacial score (nSPS) is 10.5. The van der Waals surface area contributed by atoms with E-state index in [0.29, 0.717) is 19.5 Å². The predicted molar refractivity (Wildman–Crippen MR) is 67.5 cm³/mol. The third kappa shape index (κ3) is 4.99. The van der Waals surface area contributed by atoms with Crippen molar-refractivity contribution in [2.75, 3.05) is 13.1 Å². The van der Waals surface area contributed by atoms with Crippen LogP contribution in [0.15, 0.2) is 12.4 Å². The molecule has 0 aliphatic heterocycles. The van der Waals surface area contributed by atoms with Crippen LogP contribution in [0, 0.1) is 0 Å². The van der Waals surface area contributed by atoms with Crippen LogP contribution in [0.1, 0.15) is 32.5 Å². The molecule has 0 saturated heterocycles. The molecule has 0 unspecified atom stereocenters. The molecule has 1 rings (SSSR count). The van der Waals surface area contributed by atoms with Crippen molar-refractivity contribution < 1.29 is 4.79 Å². The summed E-state index contributed by atoms with van der Waals surface area (Å²) in [5, 5.41) is 6.10. The number of carbonyl (C=O) groups is 1. The number of carbonyl (C=O) groups excluding carboxylic acids is 1. The van der Waals surface area contributed by atoms with Gasteiger partial charge in [-0.3, -0.25) is 4.79 Å². The lowest BCUT2D eigenvalue weighted by Crippen LogP contribution is -2.24. The van der Waals surface area contributed by atoms with E-state index in [1.807, 2.05) is 17.7 Å². The van der Waals surface area contributed by atoms with Gasteiger partial charge in [0.2, 0.25) is 5.91 Å². The van der Waals surface area contributed by atoms with Crippen molar-refractivity contribution in [3.05, 3.63) is 18.2 Å². The first kappa shape index (κ1) is 13.7. The largest absolute Gasteiger partial charge is 0.356 e. The maximum Gasteiger partial charge on any atom is 0.221 e. The summed E-state index contributed by atoms with van der Waals surface area (Å²) in [4.78, 5) is 15.6. The molecule has 96 valence electrons. The van der Waals surface area contributed by atoms with Gasteiger partial charge in [-0.2, -0.15) is 0 Å². The molecular weight excluding hydrogens is 216 g/mol. The third-order valence-corrected chi connectivity index (χ3v) is 2.47. The van der Waals surface area contributed by atoms with E-state index in [1.54, 1.807) is 6.20 Å². The number of nitrogens with one attached hydrogen (secondary N) is 2. The van der Waals surface area contributed by atoms with Gasteiger partial charge in [-0.15, -0.1) is 0 Å². The second-order valence-corrected chi connectivity index (χ2v) is 3.92. The number of amides is 1. The lowest BCUT2D eigenvalue weighted by Gasteiger charge is -2.08. The Labute approximate surface area is 103 Å². The fourth-order valence-corrected chi connectivity index (χ4v) is 1.60. The van der Waals surface area contributed by atoms with Crippen molar-refractivity contribution in [3.63, 3.8) is 0 Å². The van der Waals surface area contributed by atoms with Crippen LogP contribution in [0.2, 0.25) is 0 Å². The monoisotopic (exact) mass is 238 g/mol. The summed E-state index contributed by atoms with van der Waals surface area (Å²) in [5.74, 6) is 1.08. The summed E-state index contributed by atoms with van der Waals surface area (Å²) in [5.41, 5.74) is 0. The first-order valence-corrected chi connectivity index (χ1v) is 6.25. The van der Waals surface area contributed by atoms with Gasteiger partial charge in [0.1, 0.15) is 5.82 Å². The third-order valence-electron chi connectivity index (χ3n) is 2.47. The molecular formula is C12H22N4O. The number of aromatic nitrogens is 2. The van der Waals surface area contributed by atoms with E-state index >= 15 is 0 Å². The smallest absolute Gasteiger partial charge is 0.221 e. The van der Waals surface area contributed by atoms with Gasteiger partial charge in [0.25, 0.3) is 0 Å². The average molecular weight is 238 g/mol. The summed E-state index contributed by atoms with van der Waals surface area (Å²) < 4.78 is 2.03. The molecule has 1 heterocycles. The standard InChI is InChI=1S/C12H22N4O/c1-3-6-13-10-11-15-7-9-16(11)8-5-12(17)14-4-2/h7,9,13H,3-6,8,10H2,1-2H3,(H,14,17). The average Bonchev–Trinajstić information content (AvgIpc) is 2.75. The van der Waals surface area contributed by atoms with Crippen molar-refractivity contribution in [3.8, 4) is 0 Å². The Morgan fingerprint density at radius 1 is 1.47 bits per heavy atom. The lowest BCUT2D eigenvalue weighted by atomic mass is 10.4. The molecule has 0 aliphatic rings. The van der Waals surface area contributed by atoms with Crippen LogP contribution in [-0.2, 0) is 17.9 Å². The minimum atomic E-state index is 0.0914. The van der Waals surface area contributed by atoms with Crippen LogP contribution in [0.25, 0.3) is 0 Å². The molecule has 1 amide bonds. The van der Waals surface area contributed by atoms with Crippen LogP contribution in [0.3, 0.4) is 0 Å². The molecule has 0 saturated carbocycles. The number of hydrogen-bond acceptors (Lipinski definition) is 3. The molecule has 5 heteroatoms. The topological polar surface area (TPSA) is 59.0 Å². The number of nitrogens with zero attached hydrogens (tertiary/aromatic N) is 2. The highest BCUT2D eigenvalue weighted by molar-refractivity contribution is 5.75. The maximum atomic E-state index is 11.3. The van der Waals surface area contributed by atoms with E-state index in [0.717, 1.165) is 25.3 Å². The van der Waals surface area contributed by atoms with E-state index in [4.69, 9.17) is 0 Å². The van der Waals surface area contributed by atoms with Crippen LogP contribution in [-0.4, -0.2) is 28.5 Å². The quantitative estimate of drug-likeness (QED) is 0.662. The zero-order chi connectivity index (χ0) is 12.5. The maximum absolute atomic E-state index is 11.3. The zero-order valence-electron chi connectivity index (χ0n) is 10.7. The Kier molecular flexibility index (Phi) is 6.32. The van der Waals surface area contributed by atoms with E-state index in [-0.39, 0.29) is 5.91 Å². The lowest BCUT2D eigenvalue weighted by molar-refractivity contribution is -0.121. The Hall–Kier alpha value is -1.36. The minimum absolute atomic E-state index is 0.0914. The second-order valence-electron chi connectivity index (χ2n) is 3.92. The molecule has 1 aromatic heterocycles. The van der Waals surface area contributed by atoms with Crippen LogP contribution in [0.4, 0.5) is 0 Å². The Balaban J connectivity index is 2.37. The molecule has 2 N–H and O–H groups in total. The van der Waals surface area contributed by atoms with Gasteiger partial charge >= 0.3 is 0 Å². The second kappa shape index (κ2) is 7.84. The molecule has 1 aromatic rings. The highest BCUT2D eigenvalue weighted by Gasteiger charge is 2.04. The van der Waals surface area contributed by atoms with Gasteiger partial charge in [-0.1, -0.05) is 6.92 Å². The van der Waals surface area contributed by atoms with Gasteiger partial charge in [0.15, 0.2) is 0 Å². The zero-order valence-corrected chi connectivity index (χ0v) is 10.7. The van der Waals surface area contributed by atoms with Crippen molar-refractivity contribution in [2.24, 2.45) is 0 Å². The fraction of sp³-hybridized carbons (Fsp3) is 0.667. The van der Waals surface area contributed by atoms with Crippen molar-refractivity contribution in [2.45, 2.75) is 39.8 Å². The summed E-state index contributed by atoms with van der Waals surface area (Å²) >= 11 is 0. The molecule has 0 spiro atoms. The van der Waals surface area contributed by atoms with Crippen LogP contribution in [0.5, 0.6) is 0 Å². The van der Waals surface area contributed by atoms with E-state index < -0.39 is 0 Å². The van der Waals surface area contributed by atoms with Gasteiger partial charge in [0, 0.05) is 31.9 Å². The van der Waals surface area contributed by atoms with Crippen molar-refractivity contribution >= 4 is 5.91 Å². The SMILES string of the molecule is CCCNCc1nccn1CCC(=O)NCC. The predicted octanol–water partition coefficient (Wildman–Crippen LogP) is 0.909. The Morgan fingerprint density at radius 2 is 2.29 bits per heavy atom. The first-order valence-electron chi connectivity index (χ1n) is 6.25. The molecule has 0 aliphatic carbocycles. The minimum Gasteiger partial charge on any atom is -0.356 e. The van der Waals surface area contributed by atoms with Gasteiger partial charge in [-0.25, -0.2) is 4.98 Å². The van der Waals surface area contributed by atoms with Crippen molar-refractivity contribution in [1.29, 1.82) is 0 Å². The number of imidazole rings is 1. The van der Waals surface area contributed by atoms with Crippen LogP contribution < -0.4 is 10.6 Å². The van der Waals surface area contributed by atoms with Gasteiger partial charge < -0.3 is 15.2 Å². The summed E-state index contributed by atoms with van der Waals surface area (Å²) in [6.07, 6.45) is 5.31. The molecule has 17 heavy (non-hydrogen) atoms. The number of hydrogen-bond donors (Lipinski definition) is 2. The van der Waals surface area contributed by atoms with E-state index in [1.165, 1.54) is 0 Å². The molecule has 0 aromatic carbocycles. The molecule has 0 bridgehead atoms.